The van der Waals surface area contributed by atoms with E-state index in [0.717, 1.165) is 69.6 Å². The Balaban J connectivity index is 4.28. The maximum atomic E-state index is 12.9. The third-order valence-corrected chi connectivity index (χ3v) is 14.2. The second kappa shape index (κ2) is 54.7. The average molecular weight is 962 g/mol. The molecule has 6 heteroatoms. The van der Waals surface area contributed by atoms with Crippen molar-refractivity contribution in [2.45, 2.75) is 355 Å². The van der Waals surface area contributed by atoms with Crippen molar-refractivity contribution in [3.8, 4) is 0 Å². The van der Waals surface area contributed by atoms with Crippen molar-refractivity contribution in [3.63, 3.8) is 0 Å². The highest BCUT2D eigenvalue weighted by Gasteiger charge is 2.19. The first-order chi connectivity index (χ1) is 33.2. The van der Waals surface area contributed by atoms with Crippen LogP contribution in [0.3, 0.4) is 0 Å². The van der Waals surface area contributed by atoms with E-state index in [9.17, 15) is 14.4 Å². The van der Waals surface area contributed by atoms with E-state index in [4.69, 9.17) is 14.2 Å². The van der Waals surface area contributed by atoms with Crippen LogP contribution < -0.4 is 0 Å². The summed E-state index contributed by atoms with van der Waals surface area (Å²) in [6.07, 6.45) is 59.6. The highest BCUT2D eigenvalue weighted by Crippen LogP contribution is 2.19. The summed E-state index contributed by atoms with van der Waals surface area (Å²) in [7, 11) is 0. The maximum Gasteiger partial charge on any atom is 0.306 e. The first kappa shape index (κ1) is 66.4. The van der Waals surface area contributed by atoms with Crippen LogP contribution in [0.1, 0.15) is 349 Å². The molecule has 0 aliphatic carbocycles. The molecule has 6 nitrogen and oxygen atoms in total. The molecule has 68 heavy (non-hydrogen) atoms. The number of esters is 3. The molecule has 0 fully saturated rings. The average Bonchev–Trinajstić information content (AvgIpc) is 3.31. The van der Waals surface area contributed by atoms with Crippen LogP contribution in [0.4, 0.5) is 0 Å². The summed E-state index contributed by atoms with van der Waals surface area (Å²) in [5.74, 6) is 0.836. The van der Waals surface area contributed by atoms with E-state index >= 15 is 0 Å². The lowest BCUT2D eigenvalue weighted by molar-refractivity contribution is -0.167. The Morgan fingerprint density at radius 2 is 0.485 bits per heavy atom. The summed E-state index contributed by atoms with van der Waals surface area (Å²) in [5.41, 5.74) is 0. The van der Waals surface area contributed by atoms with Crippen LogP contribution >= 0.6 is 0 Å². The summed E-state index contributed by atoms with van der Waals surface area (Å²) in [6.45, 7) is 11.4. The van der Waals surface area contributed by atoms with Gasteiger partial charge >= 0.3 is 17.9 Å². The van der Waals surface area contributed by atoms with Crippen molar-refractivity contribution < 1.29 is 28.6 Å². The van der Waals surface area contributed by atoms with Gasteiger partial charge in [-0.05, 0) is 31.1 Å². The summed E-state index contributed by atoms with van der Waals surface area (Å²) < 4.78 is 16.9. The largest absolute Gasteiger partial charge is 0.462 e. The van der Waals surface area contributed by atoms with Crippen LogP contribution in [0.2, 0.25) is 0 Å². The molecule has 0 rings (SSSR count). The summed E-state index contributed by atoms with van der Waals surface area (Å²) in [6, 6.07) is 0. The molecule has 0 heterocycles. The van der Waals surface area contributed by atoms with E-state index in [-0.39, 0.29) is 31.1 Å². The predicted octanol–water partition coefficient (Wildman–Crippen LogP) is 20.4. The van der Waals surface area contributed by atoms with Gasteiger partial charge < -0.3 is 14.2 Å². The number of hydrogen-bond acceptors (Lipinski definition) is 6. The molecule has 0 aliphatic rings. The molecule has 0 aliphatic heterocycles. The van der Waals surface area contributed by atoms with E-state index in [2.05, 4.69) is 34.6 Å². The number of unbranched alkanes of at least 4 members (excludes halogenated alkanes) is 41. The minimum atomic E-state index is -0.763. The fraction of sp³-hybridized carbons (Fsp3) is 0.952. The van der Waals surface area contributed by atoms with E-state index < -0.39 is 6.10 Å². The molecule has 0 saturated carbocycles. The zero-order chi connectivity index (χ0) is 49.6. The second-order valence-electron chi connectivity index (χ2n) is 22.3. The Morgan fingerprint density at radius 1 is 0.279 bits per heavy atom. The van der Waals surface area contributed by atoms with E-state index in [1.807, 2.05) is 0 Å². The number of hydrogen-bond donors (Lipinski definition) is 0. The lowest BCUT2D eigenvalue weighted by Crippen LogP contribution is -2.30. The minimum Gasteiger partial charge on any atom is -0.462 e. The molecule has 0 saturated heterocycles. The quantitative estimate of drug-likeness (QED) is 0.0343. The fourth-order valence-electron chi connectivity index (χ4n) is 9.58. The second-order valence-corrected chi connectivity index (χ2v) is 22.3. The van der Waals surface area contributed by atoms with E-state index in [0.29, 0.717) is 19.3 Å². The molecule has 0 bridgehead atoms. The summed E-state index contributed by atoms with van der Waals surface area (Å²) in [5, 5.41) is 0. The number of carbonyl (C=O) groups is 3. The van der Waals surface area contributed by atoms with E-state index in [1.165, 1.54) is 238 Å². The van der Waals surface area contributed by atoms with Gasteiger partial charge in [0.2, 0.25) is 0 Å². The zero-order valence-electron chi connectivity index (χ0n) is 46.7. The van der Waals surface area contributed by atoms with Crippen LogP contribution in [-0.2, 0) is 28.6 Å². The molecule has 0 amide bonds. The zero-order valence-corrected chi connectivity index (χ0v) is 46.7. The molecule has 0 aromatic carbocycles. The van der Waals surface area contributed by atoms with Crippen LogP contribution in [0.15, 0.2) is 0 Å². The van der Waals surface area contributed by atoms with Crippen LogP contribution in [0.5, 0.6) is 0 Å². The smallest absolute Gasteiger partial charge is 0.306 e. The van der Waals surface area contributed by atoms with Crippen molar-refractivity contribution in [1.29, 1.82) is 0 Å². The van der Waals surface area contributed by atoms with Gasteiger partial charge in [0.05, 0.1) is 0 Å². The summed E-state index contributed by atoms with van der Waals surface area (Å²) >= 11 is 0. The van der Waals surface area contributed by atoms with Gasteiger partial charge in [0, 0.05) is 19.3 Å². The van der Waals surface area contributed by atoms with Crippen molar-refractivity contribution in [3.05, 3.63) is 0 Å². The lowest BCUT2D eigenvalue weighted by Gasteiger charge is -2.18. The molecular formula is C62H120O6. The van der Waals surface area contributed by atoms with Crippen LogP contribution in [-0.4, -0.2) is 37.2 Å². The summed E-state index contributed by atoms with van der Waals surface area (Å²) in [4.78, 5) is 38.2. The van der Waals surface area contributed by atoms with Crippen molar-refractivity contribution in [2.24, 2.45) is 11.8 Å². The Morgan fingerprint density at radius 3 is 0.721 bits per heavy atom. The van der Waals surface area contributed by atoms with Gasteiger partial charge in [0.1, 0.15) is 13.2 Å². The normalized spacial score (nSPS) is 12.0. The molecule has 0 N–H and O–H groups in total. The highest BCUT2D eigenvalue weighted by molar-refractivity contribution is 5.71. The topological polar surface area (TPSA) is 78.9 Å². The van der Waals surface area contributed by atoms with Crippen molar-refractivity contribution in [2.75, 3.05) is 13.2 Å². The first-order valence-electron chi connectivity index (χ1n) is 30.7. The van der Waals surface area contributed by atoms with Gasteiger partial charge in [-0.15, -0.1) is 0 Å². The Labute approximate surface area is 425 Å². The molecule has 0 unspecified atom stereocenters. The molecule has 0 aromatic heterocycles. The predicted molar refractivity (Wildman–Crippen MR) is 293 cm³/mol. The van der Waals surface area contributed by atoms with E-state index in [1.54, 1.807) is 0 Å². The number of rotatable bonds is 56. The van der Waals surface area contributed by atoms with Crippen LogP contribution in [0.25, 0.3) is 0 Å². The van der Waals surface area contributed by atoms with Gasteiger partial charge in [0.25, 0.3) is 0 Å². The molecule has 0 aromatic rings. The molecule has 1 atom stereocenters. The highest BCUT2D eigenvalue weighted by atomic mass is 16.6. The Kier molecular flexibility index (Phi) is 53.5. The fourth-order valence-corrected chi connectivity index (χ4v) is 9.58. The molecule has 0 radical (unpaired) electrons. The Bertz CT molecular complexity index is 1040. The Hall–Kier alpha value is -1.59. The lowest BCUT2D eigenvalue weighted by atomic mass is 10.0. The minimum absolute atomic E-state index is 0.0624. The first-order valence-corrected chi connectivity index (χ1v) is 30.7. The van der Waals surface area contributed by atoms with Crippen molar-refractivity contribution in [1.82, 2.24) is 0 Å². The monoisotopic (exact) mass is 961 g/mol. The van der Waals surface area contributed by atoms with Gasteiger partial charge in [-0.2, -0.15) is 0 Å². The van der Waals surface area contributed by atoms with Gasteiger partial charge in [-0.1, -0.05) is 311 Å². The third kappa shape index (κ3) is 55.3. The standard InChI is InChI=1S/C62H120O6/c1-6-7-8-9-10-11-12-13-14-15-16-17-18-23-28-34-39-44-49-54-62(65)68-59(56-67-61(64)53-48-43-38-33-29-24-26-31-36-41-46-51-58(4)5)55-66-60(63)52-47-42-37-32-27-22-20-19-21-25-30-35-40-45-50-57(2)3/h57-59H,6-56H2,1-5H3/t59-/m0/s1. The molecule has 0 spiro atoms. The maximum absolute atomic E-state index is 12.9. The van der Waals surface area contributed by atoms with Crippen LogP contribution in [0, 0.1) is 11.8 Å². The van der Waals surface area contributed by atoms with Gasteiger partial charge in [-0.25, -0.2) is 0 Å². The number of ether oxygens (including phenoxy) is 3. The SMILES string of the molecule is CCCCCCCCCCCCCCCCCCCCCC(=O)O[C@@H](COC(=O)CCCCCCCCCCCCCCCCC(C)C)COC(=O)CCCCCCCCCCCCCC(C)C. The van der Waals surface area contributed by atoms with Gasteiger partial charge in [-0.3, -0.25) is 14.4 Å². The van der Waals surface area contributed by atoms with Gasteiger partial charge in [0.15, 0.2) is 6.10 Å². The van der Waals surface area contributed by atoms with Crippen molar-refractivity contribution >= 4 is 17.9 Å². The number of carbonyl (C=O) groups excluding carboxylic acids is 3. The third-order valence-electron chi connectivity index (χ3n) is 14.2. The molecular weight excluding hydrogens is 841 g/mol. The molecule has 404 valence electrons.